The third kappa shape index (κ3) is 3.31. The van der Waals surface area contributed by atoms with Crippen LogP contribution in [-0.4, -0.2) is 0 Å². The molecule has 0 saturated heterocycles. The normalized spacial score (nSPS) is 10.4. The molecule has 0 aromatic heterocycles. The van der Waals surface area contributed by atoms with Gasteiger partial charge in [-0.25, -0.2) is 0 Å². The molecule has 2 aromatic carbocycles. The molecule has 0 aliphatic heterocycles. The van der Waals surface area contributed by atoms with E-state index in [0.717, 1.165) is 12.1 Å². The first kappa shape index (κ1) is 13.5. The first-order chi connectivity index (χ1) is 8.70. The van der Waals surface area contributed by atoms with Crippen molar-refractivity contribution >= 4 is 24.5 Å². The number of hydrogen-bond acceptors (Lipinski definition) is 1. The number of benzene rings is 2. The van der Waals surface area contributed by atoms with Crippen LogP contribution in [0.3, 0.4) is 0 Å². The van der Waals surface area contributed by atoms with Gasteiger partial charge in [-0.05, 0) is 54.0 Å². The summed E-state index contributed by atoms with van der Waals surface area (Å²) in [4.78, 5) is 0. The highest BCUT2D eigenvalue weighted by Crippen LogP contribution is 2.26. The van der Waals surface area contributed by atoms with Gasteiger partial charge in [0.05, 0.1) is 0 Å². The lowest BCUT2D eigenvalue weighted by Crippen LogP contribution is -1.89. The molecule has 0 heterocycles. The molecular formula is C15H19NP2. The predicted octanol–water partition coefficient (Wildman–Crippen LogP) is 4.69. The van der Waals surface area contributed by atoms with Crippen LogP contribution in [0.2, 0.25) is 0 Å². The number of hydrogen-bond donors (Lipinski definition) is 0. The van der Waals surface area contributed by atoms with E-state index in [1.807, 2.05) is 4.44 Å². The molecule has 0 aliphatic rings. The van der Waals surface area contributed by atoms with Crippen molar-refractivity contribution in [1.29, 1.82) is 0 Å². The molecule has 0 fully saturated rings. The highest BCUT2D eigenvalue weighted by molar-refractivity contribution is 7.39. The third-order valence-electron chi connectivity index (χ3n) is 2.99. The zero-order valence-electron chi connectivity index (χ0n) is 10.6. The van der Waals surface area contributed by atoms with Gasteiger partial charge < -0.3 is 4.44 Å². The Morgan fingerprint density at radius 1 is 0.833 bits per heavy atom. The minimum absolute atomic E-state index is 1.16. The Bertz CT molecular complexity index is 489. The van der Waals surface area contributed by atoms with Crippen molar-refractivity contribution in [2.45, 2.75) is 19.8 Å². The lowest BCUT2D eigenvalue weighted by Gasteiger charge is -2.12. The Kier molecular flexibility index (Phi) is 4.75. The summed E-state index contributed by atoms with van der Waals surface area (Å²) in [5.41, 5.74) is 5.12. The molecule has 3 heteroatoms. The molecule has 0 spiro atoms. The van der Waals surface area contributed by atoms with E-state index in [0.29, 0.717) is 0 Å². The maximum atomic E-state index is 2.63. The van der Waals surface area contributed by atoms with Gasteiger partial charge in [0, 0.05) is 5.69 Å². The summed E-state index contributed by atoms with van der Waals surface area (Å²) in [6, 6.07) is 17.4. The third-order valence-corrected chi connectivity index (χ3v) is 3.59. The second kappa shape index (κ2) is 6.32. The molecule has 2 unspecified atom stereocenters. The fourth-order valence-corrected chi connectivity index (χ4v) is 2.32. The van der Waals surface area contributed by atoms with Gasteiger partial charge >= 0.3 is 0 Å². The Labute approximate surface area is 114 Å². The molecular weight excluding hydrogens is 256 g/mol. The van der Waals surface area contributed by atoms with Gasteiger partial charge in [0.2, 0.25) is 0 Å². The van der Waals surface area contributed by atoms with E-state index in [-0.39, 0.29) is 0 Å². The van der Waals surface area contributed by atoms with Crippen molar-refractivity contribution in [2.24, 2.45) is 0 Å². The summed E-state index contributed by atoms with van der Waals surface area (Å²) in [7, 11) is 5.26. The summed E-state index contributed by atoms with van der Waals surface area (Å²) in [5, 5.41) is 0. The van der Waals surface area contributed by atoms with E-state index < -0.39 is 0 Å². The molecule has 94 valence electrons. The molecule has 2 rings (SSSR count). The number of nitrogens with zero attached hydrogens (tertiary/aromatic N) is 1. The van der Waals surface area contributed by atoms with E-state index in [4.69, 9.17) is 0 Å². The van der Waals surface area contributed by atoms with Crippen molar-refractivity contribution in [3.05, 3.63) is 54.1 Å². The summed E-state index contributed by atoms with van der Waals surface area (Å²) in [6.07, 6.45) is 2.36. The number of rotatable bonds is 4. The van der Waals surface area contributed by atoms with Crippen LogP contribution in [0.4, 0.5) is 5.69 Å². The standard InChI is InChI=1S/C15H19NP2/c1-2-3-12-4-6-13(7-5-12)14-8-10-15(11-9-14)16(17)18/h4-11H,2-3,17-18H2,1H3. The minimum atomic E-state index is 1.16. The smallest absolute Gasteiger partial charge is 0.0423 e. The molecule has 1 nitrogen and oxygen atoms in total. The highest BCUT2D eigenvalue weighted by atomic mass is 31.1. The van der Waals surface area contributed by atoms with E-state index in [2.05, 4.69) is 74.2 Å². The van der Waals surface area contributed by atoms with E-state index in [1.54, 1.807) is 0 Å². The fraction of sp³-hybridized carbons (Fsp3) is 0.200. The highest BCUT2D eigenvalue weighted by Gasteiger charge is 1.99. The van der Waals surface area contributed by atoms with Crippen LogP contribution in [-0.2, 0) is 6.42 Å². The summed E-state index contributed by atoms with van der Waals surface area (Å²) in [6.45, 7) is 2.21. The van der Waals surface area contributed by atoms with Gasteiger partial charge in [-0.15, -0.1) is 0 Å². The molecule has 2 aromatic rings. The van der Waals surface area contributed by atoms with Crippen LogP contribution in [0.15, 0.2) is 48.5 Å². The lowest BCUT2D eigenvalue weighted by molar-refractivity contribution is 0.922. The van der Waals surface area contributed by atoms with Crippen LogP contribution >= 0.6 is 18.8 Å². The maximum Gasteiger partial charge on any atom is 0.0423 e. The second-order valence-corrected chi connectivity index (χ2v) is 6.11. The first-order valence-corrected chi connectivity index (χ1v) is 7.23. The van der Waals surface area contributed by atoms with Gasteiger partial charge in [-0.3, -0.25) is 0 Å². The average molecular weight is 275 g/mol. The van der Waals surface area contributed by atoms with Crippen molar-refractivity contribution < 1.29 is 0 Å². The SMILES string of the molecule is CCCc1ccc(-c2ccc(N(P)P)cc2)cc1. The van der Waals surface area contributed by atoms with Crippen LogP contribution < -0.4 is 4.44 Å². The lowest BCUT2D eigenvalue weighted by atomic mass is 10.0. The van der Waals surface area contributed by atoms with Crippen molar-refractivity contribution in [2.75, 3.05) is 4.44 Å². The van der Waals surface area contributed by atoms with E-state index in [9.17, 15) is 0 Å². The number of aryl methyl sites for hydroxylation is 1. The molecule has 18 heavy (non-hydrogen) atoms. The van der Waals surface area contributed by atoms with Crippen molar-refractivity contribution in [3.63, 3.8) is 0 Å². The summed E-state index contributed by atoms with van der Waals surface area (Å²) in [5.74, 6) is 0. The largest absolute Gasteiger partial charge is 0.341 e. The average Bonchev–Trinajstić information content (AvgIpc) is 2.40. The Balaban J connectivity index is 2.20. The zero-order valence-corrected chi connectivity index (χ0v) is 12.9. The molecule has 2 atom stereocenters. The molecule has 0 saturated carbocycles. The van der Waals surface area contributed by atoms with Gasteiger partial charge in [-0.2, -0.15) is 0 Å². The van der Waals surface area contributed by atoms with Gasteiger partial charge in [0.1, 0.15) is 0 Å². The number of anilines is 1. The van der Waals surface area contributed by atoms with Crippen LogP contribution in [0.25, 0.3) is 11.1 Å². The zero-order chi connectivity index (χ0) is 13.0. The Hall–Kier alpha value is -0.900. The van der Waals surface area contributed by atoms with Crippen LogP contribution in [0.5, 0.6) is 0 Å². The van der Waals surface area contributed by atoms with Crippen molar-refractivity contribution in [3.8, 4) is 11.1 Å². The van der Waals surface area contributed by atoms with Gasteiger partial charge in [-0.1, -0.05) is 49.7 Å². The van der Waals surface area contributed by atoms with Crippen molar-refractivity contribution in [1.82, 2.24) is 0 Å². The van der Waals surface area contributed by atoms with E-state index >= 15 is 0 Å². The maximum absolute atomic E-state index is 2.63. The Morgan fingerprint density at radius 3 is 1.78 bits per heavy atom. The molecule has 0 N–H and O–H groups in total. The second-order valence-electron chi connectivity index (χ2n) is 4.40. The predicted molar refractivity (Wildman–Crippen MR) is 87.8 cm³/mol. The summed E-state index contributed by atoms with van der Waals surface area (Å²) < 4.78 is 1.95. The molecule has 0 bridgehead atoms. The molecule has 0 radical (unpaired) electrons. The van der Waals surface area contributed by atoms with Crippen LogP contribution in [0.1, 0.15) is 18.9 Å². The van der Waals surface area contributed by atoms with Gasteiger partial charge in [0.15, 0.2) is 0 Å². The summed E-state index contributed by atoms with van der Waals surface area (Å²) >= 11 is 0. The fourth-order valence-electron chi connectivity index (χ4n) is 1.98. The first-order valence-electron chi connectivity index (χ1n) is 6.19. The topological polar surface area (TPSA) is 3.24 Å². The minimum Gasteiger partial charge on any atom is -0.341 e. The molecule has 0 aliphatic carbocycles. The van der Waals surface area contributed by atoms with E-state index in [1.165, 1.54) is 23.1 Å². The monoisotopic (exact) mass is 275 g/mol. The molecule has 0 amide bonds. The van der Waals surface area contributed by atoms with Gasteiger partial charge in [0.25, 0.3) is 0 Å². The van der Waals surface area contributed by atoms with Crippen LogP contribution in [0, 0.1) is 0 Å². The quantitative estimate of drug-likeness (QED) is 0.731. The Morgan fingerprint density at radius 2 is 1.33 bits per heavy atom.